The van der Waals surface area contributed by atoms with Crippen LogP contribution in [-0.4, -0.2) is 48.2 Å². The van der Waals surface area contributed by atoms with Gasteiger partial charge in [0.2, 0.25) is 15.9 Å². The fraction of sp³-hybridized carbons (Fsp3) is 0.435. The second kappa shape index (κ2) is 11.1. The van der Waals surface area contributed by atoms with E-state index < -0.39 is 10.0 Å². The van der Waals surface area contributed by atoms with E-state index in [2.05, 4.69) is 10.3 Å². The Bertz CT molecular complexity index is 1030. The van der Waals surface area contributed by atoms with Crippen LogP contribution in [0.15, 0.2) is 52.5 Å². The minimum atomic E-state index is -3.51. The molecule has 0 bridgehead atoms. The van der Waals surface area contributed by atoms with Crippen molar-refractivity contribution in [2.45, 2.75) is 49.5 Å². The van der Waals surface area contributed by atoms with E-state index in [1.807, 2.05) is 13.8 Å². The number of thioether (sulfide) groups is 1. The number of nitrogens with one attached hydrogen (secondary N) is 1. The van der Waals surface area contributed by atoms with Gasteiger partial charge in [-0.25, -0.2) is 13.4 Å². The largest absolute Gasteiger partial charge is 0.326 e. The highest BCUT2D eigenvalue weighted by Gasteiger charge is 2.26. The van der Waals surface area contributed by atoms with Gasteiger partial charge in [-0.15, -0.1) is 0 Å². The molecule has 1 aliphatic rings. The van der Waals surface area contributed by atoms with Crippen LogP contribution in [-0.2, 0) is 14.8 Å². The fourth-order valence-corrected chi connectivity index (χ4v) is 5.60. The van der Waals surface area contributed by atoms with Crippen molar-refractivity contribution in [1.82, 2.24) is 9.29 Å². The van der Waals surface area contributed by atoms with E-state index in [0.29, 0.717) is 35.8 Å². The van der Waals surface area contributed by atoms with Gasteiger partial charge in [0, 0.05) is 37.0 Å². The Labute approximate surface area is 194 Å². The maximum atomic E-state index is 12.7. The van der Waals surface area contributed by atoms with Gasteiger partial charge in [-0.1, -0.05) is 32.0 Å². The average Bonchev–Trinajstić information content (AvgIpc) is 2.78. The number of piperidine rings is 1. The second-order valence-corrected chi connectivity index (χ2v) is 11.2. The van der Waals surface area contributed by atoms with Crippen molar-refractivity contribution in [2.24, 2.45) is 5.92 Å². The number of carbonyl (C=O) groups is 2. The molecule has 1 aromatic carbocycles. The summed E-state index contributed by atoms with van der Waals surface area (Å²) in [5, 5.41) is 3.41. The van der Waals surface area contributed by atoms with Crippen LogP contribution in [0.25, 0.3) is 0 Å². The monoisotopic (exact) mass is 475 g/mol. The molecule has 0 saturated carbocycles. The molecule has 2 aromatic rings. The van der Waals surface area contributed by atoms with Gasteiger partial charge in [0.1, 0.15) is 4.90 Å². The van der Waals surface area contributed by atoms with Crippen LogP contribution < -0.4 is 5.32 Å². The highest BCUT2D eigenvalue weighted by atomic mass is 32.2. The van der Waals surface area contributed by atoms with Gasteiger partial charge in [-0.3, -0.25) is 9.59 Å². The summed E-state index contributed by atoms with van der Waals surface area (Å²) in [6.07, 6.45) is 4.64. The van der Waals surface area contributed by atoms with E-state index in [1.165, 1.54) is 22.3 Å². The van der Waals surface area contributed by atoms with Crippen LogP contribution >= 0.6 is 11.8 Å². The minimum absolute atomic E-state index is 0.0496. The Hall–Kier alpha value is -2.23. The number of hydrogen-bond donors (Lipinski definition) is 1. The zero-order chi connectivity index (χ0) is 23.1. The molecule has 0 aliphatic carbocycles. The van der Waals surface area contributed by atoms with Crippen molar-refractivity contribution < 1.29 is 18.0 Å². The standard InChI is InChI=1S/C23H29N3O4S2/c1-17(2)14-22(28)25-19-8-6-18(7-9-19)21(27)16-31-23-11-10-20(15-24-23)32(29,30)26-12-4-3-5-13-26/h6-11,15,17H,3-5,12-14,16H2,1-2H3,(H,25,28). The zero-order valence-corrected chi connectivity index (χ0v) is 20.0. The quantitative estimate of drug-likeness (QED) is 0.431. The molecule has 1 N–H and O–H groups in total. The summed E-state index contributed by atoms with van der Waals surface area (Å²) in [5.74, 6) is 0.346. The summed E-state index contributed by atoms with van der Waals surface area (Å²) in [7, 11) is -3.51. The topological polar surface area (TPSA) is 96.4 Å². The van der Waals surface area contributed by atoms with E-state index in [9.17, 15) is 18.0 Å². The first kappa shape index (κ1) is 24.4. The molecular weight excluding hydrogens is 446 g/mol. The van der Waals surface area contributed by atoms with Gasteiger partial charge in [0.25, 0.3) is 0 Å². The van der Waals surface area contributed by atoms with Crippen LogP contribution in [0.3, 0.4) is 0 Å². The maximum Gasteiger partial charge on any atom is 0.244 e. The Morgan fingerprint density at radius 3 is 2.34 bits per heavy atom. The number of ketones is 1. The van der Waals surface area contributed by atoms with E-state index in [0.717, 1.165) is 19.3 Å². The lowest BCUT2D eigenvalue weighted by Crippen LogP contribution is -2.35. The molecule has 0 spiro atoms. The molecule has 7 nitrogen and oxygen atoms in total. The number of pyridine rings is 1. The van der Waals surface area contributed by atoms with E-state index in [-0.39, 0.29) is 28.3 Å². The molecule has 0 radical (unpaired) electrons. The zero-order valence-electron chi connectivity index (χ0n) is 18.4. The molecule has 32 heavy (non-hydrogen) atoms. The van der Waals surface area contributed by atoms with Crippen LogP contribution in [0, 0.1) is 5.92 Å². The number of benzene rings is 1. The average molecular weight is 476 g/mol. The lowest BCUT2D eigenvalue weighted by molar-refractivity contribution is -0.116. The first-order valence-electron chi connectivity index (χ1n) is 10.8. The molecule has 3 rings (SSSR count). The summed E-state index contributed by atoms with van der Waals surface area (Å²) < 4.78 is 26.9. The molecule has 9 heteroatoms. The molecule has 1 aliphatic heterocycles. The molecule has 2 heterocycles. The summed E-state index contributed by atoms with van der Waals surface area (Å²) >= 11 is 1.26. The number of aromatic nitrogens is 1. The van der Waals surface area contributed by atoms with Crippen LogP contribution in [0.4, 0.5) is 5.69 Å². The first-order chi connectivity index (χ1) is 15.3. The van der Waals surface area contributed by atoms with Crippen molar-refractivity contribution in [3.63, 3.8) is 0 Å². The van der Waals surface area contributed by atoms with Gasteiger partial charge in [-0.2, -0.15) is 4.31 Å². The minimum Gasteiger partial charge on any atom is -0.326 e. The number of nitrogens with zero attached hydrogens (tertiary/aromatic N) is 2. The maximum absolute atomic E-state index is 12.7. The second-order valence-electron chi connectivity index (χ2n) is 8.23. The van der Waals surface area contributed by atoms with Gasteiger partial charge in [0.05, 0.1) is 10.8 Å². The summed E-state index contributed by atoms with van der Waals surface area (Å²) in [4.78, 5) is 28.8. The third kappa shape index (κ3) is 6.63. The number of anilines is 1. The fourth-order valence-electron chi connectivity index (χ4n) is 3.40. The highest BCUT2D eigenvalue weighted by molar-refractivity contribution is 7.99. The molecule has 172 valence electrons. The number of rotatable bonds is 9. The molecule has 0 atom stereocenters. The summed E-state index contributed by atoms with van der Waals surface area (Å²) in [5.41, 5.74) is 1.20. The predicted molar refractivity (Wildman–Crippen MR) is 126 cm³/mol. The van der Waals surface area contributed by atoms with Crippen molar-refractivity contribution in [3.8, 4) is 0 Å². The van der Waals surface area contributed by atoms with Gasteiger partial charge in [0.15, 0.2) is 5.78 Å². The lowest BCUT2D eigenvalue weighted by Gasteiger charge is -2.25. The normalized spacial score (nSPS) is 15.0. The first-order valence-corrected chi connectivity index (χ1v) is 13.2. The number of amides is 1. The van der Waals surface area contributed by atoms with Gasteiger partial charge in [-0.05, 0) is 55.2 Å². The van der Waals surface area contributed by atoms with Crippen molar-refractivity contribution in [1.29, 1.82) is 0 Å². The van der Waals surface area contributed by atoms with Crippen molar-refractivity contribution >= 4 is 39.2 Å². The molecule has 1 amide bonds. The number of hydrogen-bond acceptors (Lipinski definition) is 6. The van der Waals surface area contributed by atoms with Gasteiger partial charge >= 0.3 is 0 Å². The van der Waals surface area contributed by atoms with Crippen LogP contribution in [0.5, 0.6) is 0 Å². The van der Waals surface area contributed by atoms with Crippen molar-refractivity contribution in [2.75, 3.05) is 24.2 Å². The predicted octanol–water partition coefficient (Wildman–Crippen LogP) is 4.22. The number of Topliss-reactive ketones (excluding diaryl/α,β-unsaturated/α-hetero) is 1. The Kier molecular flexibility index (Phi) is 8.44. The van der Waals surface area contributed by atoms with E-state index >= 15 is 0 Å². The van der Waals surface area contributed by atoms with Crippen LogP contribution in [0.1, 0.15) is 49.9 Å². The Morgan fingerprint density at radius 2 is 1.75 bits per heavy atom. The van der Waals surface area contributed by atoms with Crippen molar-refractivity contribution in [3.05, 3.63) is 48.2 Å². The summed E-state index contributed by atoms with van der Waals surface area (Å²) in [6.45, 7) is 5.06. The third-order valence-electron chi connectivity index (χ3n) is 5.10. The molecule has 1 aromatic heterocycles. The third-order valence-corrected chi connectivity index (χ3v) is 7.92. The van der Waals surface area contributed by atoms with Gasteiger partial charge < -0.3 is 5.32 Å². The SMILES string of the molecule is CC(C)CC(=O)Nc1ccc(C(=O)CSc2ccc(S(=O)(=O)N3CCCCC3)cn2)cc1. The molecule has 1 saturated heterocycles. The molecule has 0 unspecified atom stereocenters. The number of sulfonamides is 1. The van der Waals surface area contributed by atoms with Crippen LogP contribution in [0.2, 0.25) is 0 Å². The molecular formula is C23H29N3O4S2. The van der Waals surface area contributed by atoms with E-state index in [4.69, 9.17) is 0 Å². The lowest BCUT2D eigenvalue weighted by atomic mass is 10.1. The molecule has 1 fully saturated rings. The smallest absolute Gasteiger partial charge is 0.244 e. The summed E-state index contributed by atoms with van der Waals surface area (Å²) in [6, 6.07) is 10.0. The Balaban J connectivity index is 1.54. The Morgan fingerprint density at radius 1 is 1.06 bits per heavy atom. The van der Waals surface area contributed by atoms with E-state index in [1.54, 1.807) is 36.4 Å². The highest BCUT2D eigenvalue weighted by Crippen LogP contribution is 2.23. The number of carbonyl (C=O) groups excluding carboxylic acids is 2.